The minimum atomic E-state index is -0.494. The van der Waals surface area contributed by atoms with E-state index >= 15 is 0 Å². The van der Waals surface area contributed by atoms with Gasteiger partial charge in [0.2, 0.25) is 0 Å². The molecule has 0 fully saturated rings. The van der Waals surface area contributed by atoms with E-state index in [1.54, 1.807) is 4.90 Å². The second kappa shape index (κ2) is 6.49. The van der Waals surface area contributed by atoms with Gasteiger partial charge in [0.1, 0.15) is 5.60 Å². The molecule has 116 valence electrons. The highest BCUT2D eigenvalue weighted by molar-refractivity contribution is 5.69. The van der Waals surface area contributed by atoms with Crippen molar-refractivity contribution in [3.05, 3.63) is 0 Å². The first-order valence-corrected chi connectivity index (χ1v) is 7.02. The Bertz CT molecular complexity index is 367. The molecule has 0 saturated heterocycles. The minimum absolute atomic E-state index is 0.301. The van der Waals surface area contributed by atoms with Crippen molar-refractivity contribution in [1.82, 2.24) is 10.2 Å². The summed E-state index contributed by atoms with van der Waals surface area (Å²) in [5.74, 6) is 2.68. The predicted octanol–water partition coefficient (Wildman–Crippen LogP) is 3.02. The van der Waals surface area contributed by atoms with Crippen LogP contribution in [-0.2, 0) is 4.74 Å². The third kappa shape index (κ3) is 7.40. The molecule has 0 aromatic carbocycles. The Labute approximate surface area is 124 Å². The zero-order chi connectivity index (χ0) is 16.2. The predicted molar refractivity (Wildman–Crippen MR) is 83.6 cm³/mol. The molecule has 4 heteroatoms. The van der Waals surface area contributed by atoms with Gasteiger partial charge in [0.15, 0.2) is 0 Å². The lowest BCUT2D eigenvalue weighted by atomic mass is 10.1. The summed E-state index contributed by atoms with van der Waals surface area (Å²) >= 11 is 0. The van der Waals surface area contributed by atoms with Crippen LogP contribution in [0.4, 0.5) is 4.79 Å². The highest BCUT2D eigenvalue weighted by Crippen LogP contribution is 2.18. The average molecular weight is 282 g/mol. The summed E-state index contributed by atoms with van der Waals surface area (Å²) in [6.07, 6.45) is 5.13. The Kier molecular flexibility index (Phi) is 6.10. The summed E-state index contributed by atoms with van der Waals surface area (Å²) in [7, 11) is 0. The van der Waals surface area contributed by atoms with Crippen LogP contribution >= 0.6 is 0 Å². The number of carbonyl (C=O) groups excluding carboxylic acids is 1. The Morgan fingerprint density at radius 2 is 1.65 bits per heavy atom. The standard InChI is InChI=1S/C16H30N2O2/c1-10-16(8,9)17-11-12-18(14(2,3)4)13(19)20-15(5,6)7/h1,17H,11-12H2,2-9H3. The van der Waals surface area contributed by atoms with Crippen LogP contribution in [0.15, 0.2) is 0 Å². The number of amides is 1. The number of nitrogens with one attached hydrogen (secondary N) is 1. The third-order valence-electron chi connectivity index (χ3n) is 2.69. The summed E-state index contributed by atoms with van der Waals surface area (Å²) in [5, 5.41) is 3.24. The molecule has 1 N–H and O–H groups in total. The van der Waals surface area contributed by atoms with E-state index in [2.05, 4.69) is 11.2 Å². The summed E-state index contributed by atoms with van der Waals surface area (Å²) in [6, 6.07) is 0. The number of carbonyl (C=O) groups is 1. The van der Waals surface area contributed by atoms with Gasteiger partial charge in [-0.3, -0.25) is 5.32 Å². The molecule has 0 aliphatic carbocycles. The van der Waals surface area contributed by atoms with Gasteiger partial charge in [0.05, 0.1) is 5.54 Å². The maximum Gasteiger partial charge on any atom is 0.410 e. The molecule has 0 aromatic heterocycles. The molecular weight excluding hydrogens is 252 g/mol. The molecular formula is C16H30N2O2. The summed E-state index contributed by atoms with van der Waals surface area (Å²) in [6.45, 7) is 16.6. The maximum absolute atomic E-state index is 12.3. The van der Waals surface area contributed by atoms with Crippen LogP contribution in [-0.4, -0.2) is 40.8 Å². The molecule has 0 aromatic rings. The van der Waals surface area contributed by atoms with E-state index in [-0.39, 0.29) is 17.2 Å². The van der Waals surface area contributed by atoms with Crippen molar-refractivity contribution >= 4 is 6.09 Å². The first-order chi connectivity index (χ1) is 8.78. The van der Waals surface area contributed by atoms with Crippen molar-refractivity contribution in [1.29, 1.82) is 0 Å². The Balaban J connectivity index is 4.70. The summed E-state index contributed by atoms with van der Waals surface area (Å²) in [5.41, 5.74) is -1.17. The molecule has 0 bridgehead atoms. The Morgan fingerprint density at radius 1 is 1.15 bits per heavy atom. The summed E-state index contributed by atoms with van der Waals surface area (Å²) in [4.78, 5) is 14.0. The van der Waals surface area contributed by atoms with Gasteiger partial charge in [-0.1, -0.05) is 5.92 Å². The van der Waals surface area contributed by atoms with Gasteiger partial charge in [0, 0.05) is 18.6 Å². The van der Waals surface area contributed by atoms with E-state index in [1.807, 2.05) is 55.4 Å². The van der Waals surface area contributed by atoms with Crippen molar-refractivity contribution < 1.29 is 9.53 Å². The second-order valence-electron chi connectivity index (χ2n) is 7.50. The van der Waals surface area contributed by atoms with E-state index in [1.165, 1.54) is 0 Å². The van der Waals surface area contributed by atoms with Gasteiger partial charge in [-0.25, -0.2) is 4.79 Å². The van der Waals surface area contributed by atoms with Crippen LogP contribution < -0.4 is 5.32 Å². The highest BCUT2D eigenvalue weighted by Gasteiger charge is 2.30. The van der Waals surface area contributed by atoms with E-state index < -0.39 is 5.60 Å². The van der Waals surface area contributed by atoms with Crippen LogP contribution in [0.5, 0.6) is 0 Å². The van der Waals surface area contributed by atoms with Gasteiger partial charge in [-0.05, 0) is 55.4 Å². The number of rotatable bonds is 4. The maximum atomic E-state index is 12.3. The largest absolute Gasteiger partial charge is 0.444 e. The van der Waals surface area contributed by atoms with E-state index in [4.69, 9.17) is 11.2 Å². The Hall–Kier alpha value is -1.21. The van der Waals surface area contributed by atoms with Crippen LogP contribution in [0.1, 0.15) is 55.4 Å². The third-order valence-corrected chi connectivity index (χ3v) is 2.69. The number of ether oxygens (including phenoxy) is 1. The molecule has 20 heavy (non-hydrogen) atoms. The van der Waals surface area contributed by atoms with Gasteiger partial charge in [-0.15, -0.1) is 6.42 Å². The molecule has 4 nitrogen and oxygen atoms in total. The molecule has 0 aliphatic heterocycles. The molecule has 0 atom stereocenters. The zero-order valence-electron chi connectivity index (χ0n) is 14.3. The number of hydrogen-bond acceptors (Lipinski definition) is 3. The number of hydrogen-bond donors (Lipinski definition) is 1. The van der Waals surface area contributed by atoms with Crippen LogP contribution in [0.2, 0.25) is 0 Å². The van der Waals surface area contributed by atoms with Crippen molar-refractivity contribution in [3.63, 3.8) is 0 Å². The molecule has 1 amide bonds. The highest BCUT2D eigenvalue weighted by atomic mass is 16.6. The molecule has 0 spiro atoms. The molecule has 0 heterocycles. The normalized spacial score (nSPS) is 12.8. The molecule has 0 rings (SSSR count). The van der Waals surface area contributed by atoms with Gasteiger partial charge >= 0.3 is 6.09 Å². The first-order valence-electron chi connectivity index (χ1n) is 7.02. The minimum Gasteiger partial charge on any atom is -0.444 e. The fraction of sp³-hybridized carbons (Fsp3) is 0.812. The van der Waals surface area contributed by atoms with Crippen molar-refractivity contribution in [2.75, 3.05) is 13.1 Å². The fourth-order valence-electron chi connectivity index (χ4n) is 1.55. The monoisotopic (exact) mass is 282 g/mol. The van der Waals surface area contributed by atoms with Gasteiger partial charge < -0.3 is 9.64 Å². The topological polar surface area (TPSA) is 41.6 Å². The number of terminal acetylenes is 1. The lowest BCUT2D eigenvalue weighted by Crippen LogP contribution is -2.52. The quantitative estimate of drug-likeness (QED) is 0.806. The average Bonchev–Trinajstić information content (AvgIpc) is 2.19. The van der Waals surface area contributed by atoms with Crippen molar-refractivity contribution in [2.45, 2.75) is 72.1 Å². The van der Waals surface area contributed by atoms with E-state index in [0.717, 1.165) is 0 Å². The van der Waals surface area contributed by atoms with Crippen molar-refractivity contribution in [3.8, 4) is 12.3 Å². The van der Waals surface area contributed by atoms with Gasteiger partial charge in [0.25, 0.3) is 0 Å². The van der Waals surface area contributed by atoms with Crippen LogP contribution in [0, 0.1) is 12.3 Å². The molecule has 0 unspecified atom stereocenters. The lowest BCUT2D eigenvalue weighted by Gasteiger charge is -2.37. The van der Waals surface area contributed by atoms with E-state index in [9.17, 15) is 4.79 Å². The zero-order valence-corrected chi connectivity index (χ0v) is 14.3. The van der Waals surface area contributed by atoms with Crippen molar-refractivity contribution in [2.24, 2.45) is 0 Å². The lowest BCUT2D eigenvalue weighted by molar-refractivity contribution is 0.00636. The van der Waals surface area contributed by atoms with Crippen LogP contribution in [0.25, 0.3) is 0 Å². The molecule has 0 saturated carbocycles. The molecule has 0 radical (unpaired) electrons. The molecule has 0 aliphatic rings. The smallest absolute Gasteiger partial charge is 0.410 e. The number of nitrogens with zero attached hydrogens (tertiary/aromatic N) is 1. The van der Waals surface area contributed by atoms with Crippen LogP contribution in [0.3, 0.4) is 0 Å². The summed E-state index contributed by atoms with van der Waals surface area (Å²) < 4.78 is 5.45. The second-order valence-corrected chi connectivity index (χ2v) is 7.50. The van der Waals surface area contributed by atoms with E-state index in [0.29, 0.717) is 13.1 Å². The Morgan fingerprint density at radius 3 is 2.00 bits per heavy atom. The SMILES string of the molecule is C#CC(C)(C)NCCN(C(=O)OC(C)(C)C)C(C)(C)C. The fourth-order valence-corrected chi connectivity index (χ4v) is 1.55. The van der Waals surface area contributed by atoms with Gasteiger partial charge in [-0.2, -0.15) is 0 Å². The first kappa shape index (κ1) is 18.8.